The van der Waals surface area contributed by atoms with Crippen LogP contribution in [0, 0.1) is 48.8 Å². The van der Waals surface area contributed by atoms with Gasteiger partial charge in [0, 0.05) is 5.92 Å². The monoisotopic (exact) mass is 638 g/mol. The van der Waals surface area contributed by atoms with Crippen molar-refractivity contribution in [1.82, 2.24) is 0 Å². The SMILES string of the molecule is C=Cc1ccc(N2C(=O)[C@H]3[C@H](CC=C4[C@H]3C[C@H]3C(=O)N(c5ccc(F)c(Cl)c5)C(=O)[C@@]3(C)[C@H]4c3cc(C)c(O)c(C)c3)C2=O)cc1. The number of rotatable bonds is 4. The van der Waals surface area contributed by atoms with Gasteiger partial charge in [0.1, 0.15) is 11.6 Å². The zero-order valence-corrected chi connectivity index (χ0v) is 26.3. The van der Waals surface area contributed by atoms with E-state index in [4.69, 9.17) is 11.6 Å². The first-order valence-corrected chi connectivity index (χ1v) is 15.7. The molecule has 6 atom stereocenters. The van der Waals surface area contributed by atoms with Crippen LogP contribution in [0.3, 0.4) is 0 Å². The molecule has 4 aliphatic rings. The number of aryl methyl sites for hydroxylation is 2. The average Bonchev–Trinajstić information content (AvgIpc) is 3.40. The van der Waals surface area contributed by atoms with E-state index in [-0.39, 0.29) is 34.7 Å². The molecule has 0 radical (unpaired) electrons. The van der Waals surface area contributed by atoms with Gasteiger partial charge in [-0.2, -0.15) is 0 Å². The minimum atomic E-state index is -1.27. The molecule has 3 aromatic rings. The average molecular weight is 639 g/mol. The third-order valence-corrected chi connectivity index (χ3v) is 11.0. The molecule has 2 saturated heterocycles. The lowest BCUT2D eigenvalue weighted by Crippen LogP contribution is -2.49. The Bertz CT molecular complexity index is 1900. The number of benzene rings is 3. The van der Waals surface area contributed by atoms with Gasteiger partial charge in [-0.15, -0.1) is 0 Å². The maximum Gasteiger partial charge on any atom is 0.241 e. The number of hydrogen-bond donors (Lipinski definition) is 1. The Kier molecular flexibility index (Phi) is 6.87. The highest BCUT2D eigenvalue weighted by molar-refractivity contribution is 6.32. The maximum absolute atomic E-state index is 14.6. The van der Waals surface area contributed by atoms with E-state index in [1.54, 1.807) is 51.1 Å². The fraction of sp³-hybridized carbons (Fsp3) is 0.297. The van der Waals surface area contributed by atoms with E-state index in [9.17, 15) is 28.7 Å². The Labute approximate surface area is 271 Å². The summed E-state index contributed by atoms with van der Waals surface area (Å²) in [7, 11) is 0. The second-order valence-corrected chi connectivity index (χ2v) is 13.5. The molecule has 0 unspecified atom stereocenters. The number of carbonyl (C=O) groups excluding carboxylic acids is 4. The third-order valence-electron chi connectivity index (χ3n) is 10.7. The number of halogens is 2. The van der Waals surface area contributed by atoms with Crippen molar-refractivity contribution in [2.75, 3.05) is 9.80 Å². The van der Waals surface area contributed by atoms with Gasteiger partial charge in [0.25, 0.3) is 0 Å². The van der Waals surface area contributed by atoms with Crippen molar-refractivity contribution in [2.24, 2.45) is 29.1 Å². The van der Waals surface area contributed by atoms with Gasteiger partial charge in [-0.05, 0) is 92.1 Å². The number of carbonyl (C=O) groups is 4. The number of imide groups is 2. The number of allylic oxidation sites excluding steroid dienone is 2. The number of nitrogens with zero attached hydrogens (tertiary/aromatic N) is 2. The molecule has 4 amide bonds. The van der Waals surface area contributed by atoms with Crippen LogP contribution in [0.15, 0.2) is 72.8 Å². The molecule has 0 aromatic heterocycles. The zero-order chi connectivity index (χ0) is 32.8. The van der Waals surface area contributed by atoms with Crippen LogP contribution in [0.4, 0.5) is 15.8 Å². The summed E-state index contributed by atoms with van der Waals surface area (Å²) in [5, 5.41) is 10.4. The molecule has 7 nitrogen and oxygen atoms in total. The maximum atomic E-state index is 14.6. The zero-order valence-electron chi connectivity index (χ0n) is 25.6. The smallest absolute Gasteiger partial charge is 0.241 e. The lowest BCUT2D eigenvalue weighted by molar-refractivity contribution is -0.131. The molecule has 234 valence electrons. The number of phenolic OH excluding ortho intramolecular Hbond substituents is 1. The summed E-state index contributed by atoms with van der Waals surface area (Å²) in [5.41, 5.74) is 3.05. The van der Waals surface area contributed by atoms with Crippen molar-refractivity contribution in [3.63, 3.8) is 0 Å². The largest absolute Gasteiger partial charge is 0.507 e. The normalized spacial score (nSPS) is 28.6. The van der Waals surface area contributed by atoms with Gasteiger partial charge < -0.3 is 5.11 Å². The van der Waals surface area contributed by atoms with E-state index >= 15 is 0 Å². The number of fused-ring (bicyclic) bond motifs is 4. The summed E-state index contributed by atoms with van der Waals surface area (Å²) in [4.78, 5) is 59.3. The summed E-state index contributed by atoms with van der Waals surface area (Å²) < 4.78 is 14.1. The molecule has 1 saturated carbocycles. The fourth-order valence-corrected chi connectivity index (χ4v) is 8.61. The van der Waals surface area contributed by atoms with E-state index in [1.165, 1.54) is 17.0 Å². The standard InChI is InChI=1S/C37H32ClFN2O5/c1-5-20-6-8-22(9-7-20)40-33(43)25-12-11-24-26(30(25)35(40)45)17-27-34(44)41(23-10-13-29(39)28(38)16-23)36(46)37(27,4)31(24)21-14-18(2)32(42)19(3)15-21/h5-11,13-16,25-27,30-31,42H,1,12,17H2,2-4H3/t25-,26+,27-,30-,31-,37+/m0/s1. The molecule has 2 aliphatic heterocycles. The minimum absolute atomic E-state index is 0.140. The molecule has 7 rings (SSSR count). The Morgan fingerprint density at radius 2 is 1.57 bits per heavy atom. The predicted molar refractivity (Wildman–Crippen MR) is 173 cm³/mol. The van der Waals surface area contributed by atoms with Gasteiger partial charge in [0.15, 0.2) is 0 Å². The second kappa shape index (κ2) is 10.5. The summed E-state index contributed by atoms with van der Waals surface area (Å²) in [6.07, 6.45) is 4.17. The van der Waals surface area contributed by atoms with Crippen LogP contribution in [0.1, 0.15) is 47.9 Å². The van der Waals surface area contributed by atoms with Crippen LogP contribution >= 0.6 is 11.6 Å². The van der Waals surface area contributed by atoms with E-state index in [0.29, 0.717) is 23.2 Å². The van der Waals surface area contributed by atoms with Gasteiger partial charge in [-0.1, -0.05) is 60.2 Å². The second-order valence-electron chi connectivity index (χ2n) is 13.1. The lowest BCUT2D eigenvalue weighted by Gasteiger charge is -2.49. The molecular formula is C37H32ClFN2O5. The van der Waals surface area contributed by atoms with Crippen LogP contribution in [0.5, 0.6) is 5.75 Å². The van der Waals surface area contributed by atoms with Crippen LogP contribution in [-0.4, -0.2) is 28.7 Å². The van der Waals surface area contributed by atoms with Crippen molar-refractivity contribution in [2.45, 2.75) is 39.5 Å². The van der Waals surface area contributed by atoms with E-state index < -0.39 is 52.6 Å². The Morgan fingerprint density at radius 3 is 2.20 bits per heavy atom. The molecule has 3 aromatic carbocycles. The number of phenols is 1. The molecule has 1 N–H and O–H groups in total. The highest BCUT2D eigenvalue weighted by atomic mass is 35.5. The van der Waals surface area contributed by atoms with Gasteiger partial charge >= 0.3 is 0 Å². The molecule has 9 heteroatoms. The van der Waals surface area contributed by atoms with Crippen molar-refractivity contribution >= 4 is 52.7 Å². The molecule has 0 bridgehead atoms. The highest BCUT2D eigenvalue weighted by Gasteiger charge is 2.67. The predicted octanol–water partition coefficient (Wildman–Crippen LogP) is 6.88. The number of amides is 4. The molecule has 0 spiro atoms. The Morgan fingerprint density at radius 1 is 0.913 bits per heavy atom. The van der Waals surface area contributed by atoms with E-state index in [1.807, 2.05) is 18.2 Å². The molecule has 46 heavy (non-hydrogen) atoms. The van der Waals surface area contributed by atoms with Gasteiger partial charge in [0.2, 0.25) is 23.6 Å². The molecular weight excluding hydrogens is 607 g/mol. The fourth-order valence-electron chi connectivity index (χ4n) is 8.44. The topological polar surface area (TPSA) is 95.0 Å². The quantitative estimate of drug-likeness (QED) is 0.248. The Hall–Kier alpha value is -4.56. The number of aromatic hydroxyl groups is 1. The van der Waals surface area contributed by atoms with Gasteiger partial charge in [-0.25, -0.2) is 9.29 Å². The molecule has 2 heterocycles. The third kappa shape index (κ3) is 4.09. The number of anilines is 2. The first-order chi connectivity index (χ1) is 21.9. The van der Waals surface area contributed by atoms with E-state index in [0.717, 1.165) is 27.7 Å². The first kappa shape index (κ1) is 30.1. The van der Waals surface area contributed by atoms with Crippen LogP contribution in [-0.2, 0) is 19.2 Å². The first-order valence-electron chi connectivity index (χ1n) is 15.3. The van der Waals surface area contributed by atoms with Crippen LogP contribution < -0.4 is 9.80 Å². The minimum Gasteiger partial charge on any atom is -0.507 e. The van der Waals surface area contributed by atoms with E-state index in [2.05, 4.69) is 6.58 Å². The Balaban J connectivity index is 1.37. The van der Waals surface area contributed by atoms with Crippen molar-refractivity contribution < 1.29 is 28.7 Å². The van der Waals surface area contributed by atoms with Crippen LogP contribution in [0.2, 0.25) is 5.02 Å². The van der Waals surface area contributed by atoms with Crippen LogP contribution in [0.25, 0.3) is 6.08 Å². The highest BCUT2D eigenvalue weighted by Crippen LogP contribution is 2.64. The summed E-state index contributed by atoms with van der Waals surface area (Å²) in [5.74, 6) is -5.31. The van der Waals surface area contributed by atoms with Gasteiger partial charge in [-0.3, -0.25) is 24.1 Å². The number of hydrogen-bond acceptors (Lipinski definition) is 5. The van der Waals surface area contributed by atoms with Crippen molar-refractivity contribution in [3.05, 3.63) is 106 Å². The van der Waals surface area contributed by atoms with Crippen molar-refractivity contribution in [3.8, 4) is 5.75 Å². The van der Waals surface area contributed by atoms with Crippen molar-refractivity contribution in [1.29, 1.82) is 0 Å². The lowest BCUT2D eigenvalue weighted by atomic mass is 9.51. The molecule has 3 fully saturated rings. The molecule has 2 aliphatic carbocycles. The summed E-state index contributed by atoms with van der Waals surface area (Å²) >= 11 is 6.08. The summed E-state index contributed by atoms with van der Waals surface area (Å²) in [6, 6.07) is 14.5. The van der Waals surface area contributed by atoms with Gasteiger partial charge in [0.05, 0.1) is 39.6 Å². The summed E-state index contributed by atoms with van der Waals surface area (Å²) in [6.45, 7) is 9.11.